The molecule has 41 heavy (non-hydrogen) atoms. The van der Waals surface area contributed by atoms with Crippen molar-refractivity contribution in [3.8, 4) is 23.2 Å². The maximum atomic E-state index is 14.4. The van der Waals surface area contributed by atoms with Gasteiger partial charge >= 0.3 is 6.09 Å². The third-order valence-corrected chi connectivity index (χ3v) is 6.91. The Morgan fingerprint density at radius 1 is 0.878 bits per heavy atom. The van der Waals surface area contributed by atoms with Gasteiger partial charge in [-0.05, 0) is 68.3 Å². The van der Waals surface area contributed by atoms with Crippen molar-refractivity contribution in [3.05, 3.63) is 90.0 Å². The van der Waals surface area contributed by atoms with Gasteiger partial charge < -0.3 is 19.5 Å². The Kier molecular flexibility index (Phi) is 7.66. The molecule has 1 fully saturated rings. The molecule has 4 aromatic rings. The smallest absolute Gasteiger partial charge is 0.407 e. The lowest BCUT2D eigenvalue weighted by molar-refractivity contribution is 0.0363. The molecule has 1 N–H and O–H groups in total. The predicted octanol–water partition coefficient (Wildman–Crippen LogP) is 6.35. The van der Waals surface area contributed by atoms with Crippen LogP contribution < -0.4 is 14.8 Å². The number of pyridine rings is 1. The number of hydrogen-bond acceptors (Lipinski definition) is 7. The molecular weight excluding hydrogens is 525 g/mol. The molecule has 1 aliphatic carbocycles. The molecule has 0 bridgehead atoms. The van der Waals surface area contributed by atoms with Gasteiger partial charge in [0.05, 0.1) is 12.4 Å². The van der Waals surface area contributed by atoms with Crippen molar-refractivity contribution in [2.45, 2.75) is 70.6 Å². The second-order valence-corrected chi connectivity index (χ2v) is 11.6. The van der Waals surface area contributed by atoms with Crippen molar-refractivity contribution in [2.75, 3.05) is 0 Å². The SMILES string of the molecule is CC(C)(C)OC(=O)NC1CC(Oc2ccc(C(C)(C)c3ccc(Oc4nc(-n5nccn5)ccc4F)cc3)cc2)C1. The van der Waals surface area contributed by atoms with Gasteiger partial charge in [0, 0.05) is 24.3 Å². The monoisotopic (exact) mass is 559 g/mol. The van der Waals surface area contributed by atoms with Crippen LogP contribution >= 0.6 is 0 Å². The minimum absolute atomic E-state index is 0.0529. The first-order chi connectivity index (χ1) is 19.5. The van der Waals surface area contributed by atoms with Crippen LogP contribution in [-0.4, -0.2) is 43.8 Å². The van der Waals surface area contributed by atoms with Crippen molar-refractivity contribution in [1.29, 1.82) is 0 Å². The number of hydrogen-bond donors (Lipinski definition) is 1. The van der Waals surface area contributed by atoms with E-state index in [1.807, 2.05) is 45.0 Å². The second-order valence-electron chi connectivity index (χ2n) is 11.6. The summed E-state index contributed by atoms with van der Waals surface area (Å²) in [6.07, 6.45) is 4.17. The highest BCUT2D eigenvalue weighted by molar-refractivity contribution is 5.68. The summed E-state index contributed by atoms with van der Waals surface area (Å²) >= 11 is 0. The van der Waals surface area contributed by atoms with Crippen molar-refractivity contribution >= 4 is 6.09 Å². The van der Waals surface area contributed by atoms with E-state index in [2.05, 4.69) is 46.5 Å². The molecule has 1 amide bonds. The van der Waals surface area contributed by atoms with Crippen molar-refractivity contribution < 1.29 is 23.4 Å². The van der Waals surface area contributed by atoms with Gasteiger partial charge in [0.2, 0.25) is 0 Å². The topological polar surface area (TPSA) is 100 Å². The molecule has 1 aliphatic rings. The maximum Gasteiger partial charge on any atom is 0.407 e. The van der Waals surface area contributed by atoms with Gasteiger partial charge in [-0.3, -0.25) is 0 Å². The molecule has 2 aromatic carbocycles. The van der Waals surface area contributed by atoms with E-state index < -0.39 is 17.5 Å². The van der Waals surface area contributed by atoms with Crippen LogP contribution in [0.1, 0.15) is 58.6 Å². The maximum absolute atomic E-state index is 14.4. The summed E-state index contributed by atoms with van der Waals surface area (Å²) in [5.41, 5.74) is 1.36. The lowest BCUT2D eigenvalue weighted by Crippen LogP contribution is -2.50. The van der Waals surface area contributed by atoms with Crippen LogP contribution in [0.2, 0.25) is 0 Å². The number of carbonyl (C=O) groups is 1. The molecule has 1 saturated carbocycles. The Hall–Kier alpha value is -4.47. The van der Waals surface area contributed by atoms with Crippen LogP contribution in [0.3, 0.4) is 0 Å². The molecule has 0 radical (unpaired) electrons. The molecule has 2 aromatic heterocycles. The van der Waals surface area contributed by atoms with E-state index in [1.165, 1.54) is 29.3 Å². The Bertz CT molecular complexity index is 1480. The van der Waals surface area contributed by atoms with Crippen LogP contribution in [0.15, 0.2) is 73.1 Å². The number of nitrogens with zero attached hydrogens (tertiary/aromatic N) is 4. The van der Waals surface area contributed by atoms with E-state index in [1.54, 1.807) is 12.1 Å². The zero-order chi connectivity index (χ0) is 29.2. The standard InChI is InChI=1S/C31H34FN5O4/c1-30(2,3)41-29(38)35-22-18-25(19-22)39-23-10-6-20(7-11-23)31(4,5)21-8-12-24(13-9-21)40-28-26(32)14-15-27(36-28)37-33-16-17-34-37/h6-17,22,25H,18-19H2,1-5H3,(H,35,38). The highest BCUT2D eigenvalue weighted by Crippen LogP contribution is 2.35. The number of amides is 1. The van der Waals surface area contributed by atoms with Gasteiger partial charge in [-0.2, -0.15) is 15.2 Å². The number of carbonyl (C=O) groups excluding carboxylic acids is 1. The average molecular weight is 560 g/mol. The molecule has 0 aliphatic heterocycles. The first-order valence-corrected chi connectivity index (χ1v) is 13.5. The van der Waals surface area contributed by atoms with Crippen LogP contribution in [-0.2, 0) is 10.2 Å². The molecule has 9 nitrogen and oxygen atoms in total. The number of aromatic nitrogens is 4. The highest BCUT2D eigenvalue weighted by Gasteiger charge is 2.33. The van der Waals surface area contributed by atoms with Crippen LogP contribution in [0, 0.1) is 5.82 Å². The van der Waals surface area contributed by atoms with Crippen molar-refractivity contribution in [1.82, 2.24) is 25.3 Å². The molecule has 2 heterocycles. The Morgan fingerprint density at radius 2 is 1.46 bits per heavy atom. The molecule has 10 heteroatoms. The summed E-state index contributed by atoms with van der Waals surface area (Å²) in [5, 5.41) is 10.9. The second kappa shape index (κ2) is 11.2. The van der Waals surface area contributed by atoms with Crippen molar-refractivity contribution in [3.63, 3.8) is 0 Å². The molecule has 0 saturated heterocycles. The molecule has 5 rings (SSSR count). The van der Waals surface area contributed by atoms with Crippen molar-refractivity contribution in [2.24, 2.45) is 0 Å². The predicted molar refractivity (Wildman–Crippen MR) is 151 cm³/mol. The average Bonchev–Trinajstić information content (AvgIpc) is 3.43. The fourth-order valence-electron chi connectivity index (χ4n) is 4.55. The van der Waals surface area contributed by atoms with E-state index in [9.17, 15) is 9.18 Å². The van der Waals surface area contributed by atoms with Gasteiger partial charge in [0.25, 0.3) is 5.88 Å². The summed E-state index contributed by atoms with van der Waals surface area (Å²) in [6.45, 7) is 9.81. The number of nitrogens with one attached hydrogen (secondary N) is 1. The molecule has 0 unspecified atom stereocenters. The lowest BCUT2D eigenvalue weighted by Gasteiger charge is -2.36. The number of alkyl carbamates (subject to hydrolysis) is 1. The number of halogens is 1. The van der Waals surface area contributed by atoms with Gasteiger partial charge in [0.15, 0.2) is 11.6 Å². The fourth-order valence-corrected chi connectivity index (χ4v) is 4.55. The largest absolute Gasteiger partial charge is 0.490 e. The first kappa shape index (κ1) is 28.1. The summed E-state index contributed by atoms with van der Waals surface area (Å²) in [5.74, 6) is 0.873. The van der Waals surface area contributed by atoms with Gasteiger partial charge in [-0.1, -0.05) is 38.1 Å². The minimum atomic E-state index is -0.579. The van der Waals surface area contributed by atoms with E-state index in [-0.39, 0.29) is 23.4 Å². The molecule has 214 valence electrons. The Labute approximate surface area is 238 Å². The summed E-state index contributed by atoms with van der Waals surface area (Å²) in [7, 11) is 0. The Balaban J connectivity index is 1.17. The summed E-state index contributed by atoms with van der Waals surface area (Å²) in [6, 6.07) is 18.4. The van der Waals surface area contributed by atoms with E-state index in [0.717, 1.165) is 29.7 Å². The lowest BCUT2D eigenvalue weighted by atomic mass is 9.78. The molecule has 0 spiro atoms. The Morgan fingerprint density at radius 3 is 2.05 bits per heavy atom. The van der Waals surface area contributed by atoms with E-state index >= 15 is 0 Å². The zero-order valence-corrected chi connectivity index (χ0v) is 23.8. The van der Waals surface area contributed by atoms with Gasteiger partial charge in [0.1, 0.15) is 23.2 Å². The van der Waals surface area contributed by atoms with E-state index in [0.29, 0.717) is 11.6 Å². The third-order valence-electron chi connectivity index (χ3n) is 6.91. The number of benzene rings is 2. The van der Waals surface area contributed by atoms with Gasteiger partial charge in [-0.25, -0.2) is 9.18 Å². The van der Waals surface area contributed by atoms with Crippen LogP contribution in [0.5, 0.6) is 17.4 Å². The first-order valence-electron chi connectivity index (χ1n) is 13.5. The van der Waals surface area contributed by atoms with Crippen LogP contribution in [0.4, 0.5) is 9.18 Å². The fraction of sp³-hybridized carbons (Fsp3) is 0.355. The van der Waals surface area contributed by atoms with Crippen LogP contribution in [0.25, 0.3) is 5.82 Å². The molecular formula is C31H34FN5O4. The summed E-state index contributed by atoms with van der Waals surface area (Å²) in [4.78, 5) is 17.4. The number of rotatable bonds is 8. The third kappa shape index (κ3) is 6.82. The zero-order valence-electron chi connectivity index (χ0n) is 23.8. The summed E-state index contributed by atoms with van der Waals surface area (Å²) < 4.78 is 31.5. The quantitative estimate of drug-likeness (QED) is 0.268. The highest BCUT2D eigenvalue weighted by atomic mass is 19.1. The van der Waals surface area contributed by atoms with Gasteiger partial charge in [-0.15, -0.1) is 4.80 Å². The molecule has 0 atom stereocenters. The number of ether oxygens (including phenoxy) is 3. The minimum Gasteiger partial charge on any atom is -0.490 e. The van der Waals surface area contributed by atoms with E-state index in [4.69, 9.17) is 14.2 Å². The normalized spacial score (nSPS) is 16.9.